The van der Waals surface area contributed by atoms with E-state index in [1.807, 2.05) is 0 Å². The molecule has 2 heterocycles. The standard InChI is InChI=1S/C21H18BrF3N2O3/c1-20(24,25)17-15-10-29-19(26-18(28)12-5-3-2-4-6-12)27-21(15,11-30-17)14-9-13(22)7-8-16(14)23/h2-9,15,17H,10-11H2,1H3,(H,26,27,28)/t15-,17+,21-/m1/s1. The highest BCUT2D eigenvalue weighted by Gasteiger charge is 2.60. The summed E-state index contributed by atoms with van der Waals surface area (Å²) >= 11 is 3.29. The van der Waals surface area contributed by atoms with Crippen molar-refractivity contribution in [3.05, 3.63) is 69.9 Å². The number of nitrogens with one attached hydrogen (secondary N) is 1. The van der Waals surface area contributed by atoms with Crippen molar-refractivity contribution < 1.29 is 27.4 Å². The van der Waals surface area contributed by atoms with Crippen molar-refractivity contribution >= 4 is 27.9 Å². The number of carbonyl (C=O) groups is 1. The van der Waals surface area contributed by atoms with E-state index in [0.29, 0.717) is 10.0 Å². The first-order valence-electron chi connectivity index (χ1n) is 9.25. The number of alkyl halides is 2. The molecule has 1 amide bonds. The molecule has 2 aromatic carbocycles. The predicted molar refractivity (Wildman–Crippen MR) is 107 cm³/mol. The van der Waals surface area contributed by atoms with Gasteiger partial charge in [-0.2, -0.15) is 0 Å². The second-order valence-corrected chi connectivity index (χ2v) is 8.31. The van der Waals surface area contributed by atoms with E-state index in [0.717, 1.165) is 6.92 Å². The largest absolute Gasteiger partial charge is 0.464 e. The van der Waals surface area contributed by atoms with Gasteiger partial charge in [-0.15, -0.1) is 0 Å². The molecule has 0 unspecified atom stereocenters. The quantitative estimate of drug-likeness (QED) is 0.710. The monoisotopic (exact) mass is 482 g/mol. The van der Waals surface area contributed by atoms with Gasteiger partial charge in [0.25, 0.3) is 17.9 Å². The smallest absolute Gasteiger partial charge is 0.292 e. The van der Waals surface area contributed by atoms with Crippen molar-refractivity contribution in [2.24, 2.45) is 10.9 Å². The summed E-state index contributed by atoms with van der Waals surface area (Å²) < 4.78 is 54.7. The molecule has 1 N–H and O–H groups in total. The van der Waals surface area contributed by atoms with E-state index in [1.165, 1.54) is 18.2 Å². The zero-order chi connectivity index (χ0) is 21.5. The zero-order valence-electron chi connectivity index (χ0n) is 15.9. The number of halogens is 4. The Morgan fingerprint density at radius 3 is 2.70 bits per heavy atom. The molecule has 9 heteroatoms. The highest BCUT2D eigenvalue weighted by Crippen LogP contribution is 2.49. The molecule has 0 aliphatic carbocycles. The lowest BCUT2D eigenvalue weighted by atomic mass is 9.76. The number of hydrogen-bond donors (Lipinski definition) is 1. The van der Waals surface area contributed by atoms with Crippen LogP contribution < -0.4 is 5.32 Å². The number of fused-ring (bicyclic) bond motifs is 1. The predicted octanol–water partition coefficient (Wildman–Crippen LogP) is 4.27. The van der Waals surface area contributed by atoms with Gasteiger partial charge in [0.2, 0.25) is 0 Å². The highest BCUT2D eigenvalue weighted by molar-refractivity contribution is 9.10. The van der Waals surface area contributed by atoms with Gasteiger partial charge in [-0.1, -0.05) is 34.1 Å². The number of amidine groups is 1. The summed E-state index contributed by atoms with van der Waals surface area (Å²) in [5.74, 6) is -5.21. The number of amides is 1. The minimum absolute atomic E-state index is 0.100. The summed E-state index contributed by atoms with van der Waals surface area (Å²) in [6, 6.07) is 12.5. The first-order valence-corrected chi connectivity index (χ1v) is 10.0. The first-order chi connectivity index (χ1) is 14.2. The average molecular weight is 483 g/mol. The van der Waals surface area contributed by atoms with Gasteiger partial charge in [0, 0.05) is 22.5 Å². The molecule has 0 radical (unpaired) electrons. The molecule has 1 fully saturated rings. The maximum absolute atomic E-state index is 14.8. The summed E-state index contributed by atoms with van der Waals surface area (Å²) in [5, 5.41) is 2.54. The van der Waals surface area contributed by atoms with Crippen molar-refractivity contribution in [3.63, 3.8) is 0 Å². The third-order valence-electron chi connectivity index (χ3n) is 5.31. The fraction of sp³-hybridized carbons (Fsp3) is 0.333. The molecule has 2 aliphatic heterocycles. The molecule has 2 aromatic rings. The van der Waals surface area contributed by atoms with Crippen molar-refractivity contribution in [2.45, 2.75) is 24.5 Å². The molecule has 3 atom stereocenters. The number of hydrogen-bond acceptors (Lipinski definition) is 4. The van der Waals surface area contributed by atoms with Gasteiger partial charge in [0.05, 0.1) is 19.1 Å². The molecule has 158 valence electrons. The van der Waals surface area contributed by atoms with E-state index < -0.39 is 35.2 Å². The Balaban J connectivity index is 1.75. The minimum Gasteiger partial charge on any atom is -0.464 e. The Morgan fingerprint density at radius 2 is 2.00 bits per heavy atom. The molecule has 30 heavy (non-hydrogen) atoms. The Kier molecular flexibility index (Phi) is 5.36. The number of carbonyl (C=O) groups excluding carboxylic acids is 1. The van der Waals surface area contributed by atoms with Gasteiger partial charge in [0.1, 0.15) is 17.5 Å². The summed E-state index contributed by atoms with van der Waals surface area (Å²) in [6.45, 7) is 0.266. The number of benzene rings is 2. The molecule has 4 rings (SSSR count). The van der Waals surface area contributed by atoms with Crippen LogP contribution in [0.25, 0.3) is 0 Å². The fourth-order valence-electron chi connectivity index (χ4n) is 3.90. The Labute approximate surface area is 179 Å². The fourth-order valence-corrected chi connectivity index (χ4v) is 4.26. The van der Waals surface area contributed by atoms with E-state index in [9.17, 15) is 18.0 Å². The molecule has 0 spiro atoms. The molecule has 2 aliphatic rings. The lowest BCUT2D eigenvalue weighted by molar-refractivity contribution is -0.121. The third kappa shape index (κ3) is 3.72. The number of aliphatic imine (C=N–C) groups is 1. The maximum atomic E-state index is 14.8. The van der Waals surface area contributed by atoms with Crippen molar-refractivity contribution in [1.82, 2.24) is 5.32 Å². The molecule has 0 saturated carbocycles. The summed E-state index contributed by atoms with van der Waals surface area (Å²) in [7, 11) is 0. The average Bonchev–Trinajstić information content (AvgIpc) is 3.10. The lowest BCUT2D eigenvalue weighted by Gasteiger charge is -2.37. The van der Waals surface area contributed by atoms with Gasteiger partial charge < -0.3 is 9.47 Å². The first kappa shape index (κ1) is 20.9. The molecular weight excluding hydrogens is 465 g/mol. The van der Waals surface area contributed by atoms with Crippen LogP contribution in [0.4, 0.5) is 13.2 Å². The van der Waals surface area contributed by atoms with E-state index in [-0.39, 0.29) is 24.8 Å². The van der Waals surface area contributed by atoms with Gasteiger partial charge in [-0.25, -0.2) is 18.2 Å². The van der Waals surface area contributed by atoms with Crippen LogP contribution in [0, 0.1) is 11.7 Å². The van der Waals surface area contributed by atoms with Crippen LogP contribution in [-0.4, -0.2) is 37.2 Å². The van der Waals surface area contributed by atoms with Crippen molar-refractivity contribution in [2.75, 3.05) is 13.2 Å². The van der Waals surface area contributed by atoms with Gasteiger partial charge >= 0.3 is 0 Å². The summed E-state index contributed by atoms with van der Waals surface area (Å²) in [6.07, 6.45) is -1.51. The van der Waals surface area contributed by atoms with Gasteiger partial charge in [-0.05, 0) is 30.3 Å². The highest BCUT2D eigenvalue weighted by atomic mass is 79.9. The number of rotatable bonds is 3. The zero-order valence-corrected chi connectivity index (χ0v) is 17.5. The van der Waals surface area contributed by atoms with Crippen LogP contribution in [-0.2, 0) is 15.0 Å². The van der Waals surface area contributed by atoms with Gasteiger partial charge in [-0.3, -0.25) is 10.1 Å². The SMILES string of the molecule is CC(F)(F)[C@H]1OC[C@]2(c3cc(Br)ccc3F)N=C(NC(=O)c3ccccc3)OC[C@H]12. The topological polar surface area (TPSA) is 59.9 Å². The van der Waals surface area contributed by atoms with Crippen LogP contribution in [0.1, 0.15) is 22.8 Å². The van der Waals surface area contributed by atoms with E-state index in [1.54, 1.807) is 30.3 Å². The Bertz CT molecular complexity index is 997. The second kappa shape index (κ2) is 7.70. The van der Waals surface area contributed by atoms with Crippen molar-refractivity contribution in [1.29, 1.82) is 0 Å². The van der Waals surface area contributed by atoms with Crippen LogP contribution in [0.15, 0.2) is 58.0 Å². The molecule has 5 nitrogen and oxygen atoms in total. The minimum atomic E-state index is -3.18. The lowest BCUT2D eigenvalue weighted by Crippen LogP contribution is -2.50. The normalized spacial score (nSPS) is 25.8. The second-order valence-electron chi connectivity index (χ2n) is 7.39. The molecule has 0 aromatic heterocycles. The van der Waals surface area contributed by atoms with Crippen LogP contribution in [0.2, 0.25) is 0 Å². The van der Waals surface area contributed by atoms with Gasteiger partial charge in [0.15, 0.2) is 0 Å². The molecular formula is C21H18BrF3N2O3. The Morgan fingerprint density at radius 1 is 1.27 bits per heavy atom. The number of ether oxygens (including phenoxy) is 2. The summed E-state index contributed by atoms with van der Waals surface area (Å²) in [4.78, 5) is 16.9. The van der Waals surface area contributed by atoms with E-state index >= 15 is 0 Å². The van der Waals surface area contributed by atoms with E-state index in [4.69, 9.17) is 9.47 Å². The van der Waals surface area contributed by atoms with E-state index in [2.05, 4.69) is 26.2 Å². The molecule has 1 saturated heterocycles. The third-order valence-corrected chi connectivity index (χ3v) is 5.81. The van der Waals surface area contributed by atoms with Crippen LogP contribution >= 0.6 is 15.9 Å². The van der Waals surface area contributed by atoms with Crippen LogP contribution in [0.5, 0.6) is 0 Å². The number of nitrogens with zero attached hydrogens (tertiary/aromatic N) is 1. The summed E-state index contributed by atoms with van der Waals surface area (Å²) in [5.41, 5.74) is -0.993. The maximum Gasteiger partial charge on any atom is 0.292 e. The Hall–Kier alpha value is -2.39. The van der Waals surface area contributed by atoms with Crippen molar-refractivity contribution in [3.8, 4) is 0 Å². The molecule has 0 bridgehead atoms. The van der Waals surface area contributed by atoms with Crippen LogP contribution in [0.3, 0.4) is 0 Å².